The van der Waals surface area contributed by atoms with Crippen LogP contribution in [0.1, 0.15) is 17.2 Å². The average molecular weight is 431 g/mol. The van der Waals surface area contributed by atoms with Crippen molar-refractivity contribution in [1.29, 1.82) is 0 Å². The normalized spacial score (nSPS) is 11.2. The van der Waals surface area contributed by atoms with Gasteiger partial charge in [0.1, 0.15) is 0 Å². The van der Waals surface area contributed by atoms with Crippen LogP contribution in [0.2, 0.25) is 5.02 Å². The molecule has 31 heavy (non-hydrogen) atoms. The van der Waals surface area contributed by atoms with Gasteiger partial charge in [-0.2, -0.15) is 0 Å². The predicted molar refractivity (Wildman–Crippen MR) is 131 cm³/mol. The van der Waals surface area contributed by atoms with E-state index in [-0.39, 0.29) is 6.04 Å². The first-order chi connectivity index (χ1) is 15.3. The van der Waals surface area contributed by atoms with Gasteiger partial charge in [-0.1, -0.05) is 72.3 Å². The number of aromatic nitrogens is 1. The van der Waals surface area contributed by atoms with Gasteiger partial charge >= 0.3 is 0 Å². The van der Waals surface area contributed by atoms with Gasteiger partial charge in [-0.3, -0.25) is 4.98 Å². The summed E-state index contributed by atoms with van der Waals surface area (Å²) in [5.74, 6) is 0. The molecule has 1 aromatic heterocycles. The van der Waals surface area contributed by atoms with E-state index < -0.39 is 0 Å². The fourth-order valence-corrected chi connectivity index (χ4v) is 3.88. The fraction of sp³-hybridized carbons (Fsp3) is 0.192. The molecule has 5 heteroatoms. The van der Waals surface area contributed by atoms with Crippen LogP contribution in [-0.2, 0) is 0 Å². The van der Waals surface area contributed by atoms with Gasteiger partial charge in [-0.05, 0) is 35.4 Å². The Hall–Kier alpha value is -2.92. The van der Waals surface area contributed by atoms with Gasteiger partial charge in [0.2, 0.25) is 0 Å². The third-order valence-corrected chi connectivity index (χ3v) is 5.47. The highest BCUT2D eigenvalue weighted by molar-refractivity contribution is 6.31. The van der Waals surface area contributed by atoms with Gasteiger partial charge in [0.05, 0.1) is 11.6 Å². The molecule has 0 fully saturated rings. The molecule has 0 aliphatic heterocycles. The summed E-state index contributed by atoms with van der Waals surface area (Å²) in [6.45, 7) is 3.48. The summed E-state index contributed by atoms with van der Waals surface area (Å²) >= 11 is 6.07. The molecular formula is C26H27ClN4. The maximum Gasteiger partial charge on any atom is 0.0737 e. The van der Waals surface area contributed by atoms with E-state index >= 15 is 0 Å². The van der Waals surface area contributed by atoms with Crippen LogP contribution in [0.15, 0.2) is 91.1 Å². The molecule has 0 amide bonds. The molecule has 3 N–H and O–H groups in total. The standard InChI is InChI=1S/C26H27ClN4/c27-22-11-12-23-24(13-14-29-25(23)19-22)30-17-15-28-16-18-31-26(20-7-3-1-4-8-20)21-9-5-2-6-10-21/h1-14,19,26,28,31H,15-18H2,(H,29,30). The minimum absolute atomic E-state index is 0.192. The highest BCUT2D eigenvalue weighted by atomic mass is 35.5. The highest BCUT2D eigenvalue weighted by Crippen LogP contribution is 2.24. The molecule has 1 heterocycles. The first-order valence-electron chi connectivity index (χ1n) is 10.6. The molecule has 4 nitrogen and oxygen atoms in total. The van der Waals surface area contributed by atoms with Gasteiger partial charge in [0.15, 0.2) is 0 Å². The maximum absolute atomic E-state index is 6.07. The zero-order valence-electron chi connectivity index (χ0n) is 17.4. The highest BCUT2D eigenvalue weighted by Gasteiger charge is 2.12. The van der Waals surface area contributed by atoms with Gasteiger partial charge in [-0.15, -0.1) is 0 Å². The van der Waals surface area contributed by atoms with Crippen LogP contribution in [0, 0.1) is 0 Å². The number of hydrogen-bond acceptors (Lipinski definition) is 4. The maximum atomic E-state index is 6.07. The van der Waals surface area contributed by atoms with Gasteiger partial charge in [0, 0.05) is 48.5 Å². The lowest BCUT2D eigenvalue weighted by Crippen LogP contribution is -2.33. The first kappa shape index (κ1) is 21.3. The molecule has 4 rings (SSSR count). The Morgan fingerprint density at radius 1 is 0.742 bits per heavy atom. The summed E-state index contributed by atoms with van der Waals surface area (Å²) in [6.07, 6.45) is 1.81. The first-order valence-corrected chi connectivity index (χ1v) is 11.0. The van der Waals surface area contributed by atoms with Gasteiger partial charge < -0.3 is 16.0 Å². The van der Waals surface area contributed by atoms with Crippen molar-refractivity contribution >= 4 is 28.2 Å². The summed E-state index contributed by atoms with van der Waals surface area (Å²) < 4.78 is 0. The number of hydrogen-bond donors (Lipinski definition) is 3. The van der Waals surface area contributed by atoms with Crippen LogP contribution in [-0.4, -0.2) is 31.2 Å². The number of benzene rings is 3. The number of anilines is 1. The second kappa shape index (κ2) is 10.9. The molecular weight excluding hydrogens is 404 g/mol. The Morgan fingerprint density at radius 3 is 2.13 bits per heavy atom. The summed E-state index contributed by atoms with van der Waals surface area (Å²) in [5.41, 5.74) is 4.54. The Kier molecular flexibility index (Phi) is 7.51. The van der Waals surface area contributed by atoms with Crippen molar-refractivity contribution in [2.75, 3.05) is 31.5 Å². The molecule has 158 valence electrons. The van der Waals surface area contributed by atoms with Crippen LogP contribution < -0.4 is 16.0 Å². The summed E-state index contributed by atoms with van der Waals surface area (Å²) in [6, 6.07) is 29.2. The number of fused-ring (bicyclic) bond motifs is 1. The molecule has 3 aromatic carbocycles. The Bertz CT molecular complexity index is 1050. The van der Waals surface area contributed by atoms with E-state index in [9.17, 15) is 0 Å². The van der Waals surface area contributed by atoms with E-state index in [0.29, 0.717) is 5.02 Å². The van der Waals surface area contributed by atoms with Crippen molar-refractivity contribution in [3.05, 3.63) is 107 Å². The lowest BCUT2D eigenvalue weighted by Gasteiger charge is -2.20. The average Bonchev–Trinajstić information content (AvgIpc) is 2.82. The van der Waals surface area contributed by atoms with Crippen molar-refractivity contribution in [2.24, 2.45) is 0 Å². The molecule has 0 saturated heterocycles. The number of nitrogens with zero attached hydrogens (tertiary/aromatic N) is 1. The molecule has 0 saturated carbocycles. The topological polar surface area (TPSA) is 49.0 Å². The van der Waals surface area contributed by atoms with Crippen molar-refractivity contribution < 1.29 is 0 Å². The second-order valence-electron chi connectivity index (χ2n) is 7.41. The largest absolute Gasteiger partial charge is 0.383 e. The second-order valence-corrected chi connectivity index (χ2v) is 7.84. The molecule has 0 atom stereocenters. The van der Waals surface area contributed by atoms with Crippen LogP contribution >= 0.6 is 11.6 Å². The molecule has 0 bridgehead atoms. The van der Waals surface area contributed by atoms with E-state index in [1.54, 1.807) is 0 Å². The SMILES string of the molecule is Clc1ccc2c(NCCNCCNC(c3ccccc3)c3ccccc3)ccnc2c1. The fourth-order valence-electron chi connectivity index (χ4n) is 3.71. The molecule has 0 radical (unpaired) electrons. The van der Waals surface area contributed by atoms with Gasteiger partial charge in [-0.25, -0.2) is 0 Å². The van der Waals surface area contributed by atoms with Crippen molar-refractivity contribution in [3.63, 3.8) is 0 Å². The predicted octanol–water partition coefficient (Wildman–Crippen LogP) is 5.27. The van der Waals surface area contributed by atoms with Crippen LogP contribution in [0.5, 0.6) is 0 Å². The molecule has 0 unspecified atom stereocenters. The quantitative estimate of drug-likeness (QED) is 0.300. The summed E-state index contributed by atoms with van der Waals surface area (Å²) in [4.78, 5) is 4.39. The zero-order valence-corrected chi connectivity index (χ0v) is 18.1. The minimum Gasteiger partial charge on any atom is -0.383 e. The molecule has 0 aliphatic rings. The van der Waals surface area contributed by atoms with Crippen molar-refractivity contribution in [3.8, 4) is 0 Å². The number of halogens is 1. The van der Waals surface area contributed by atoms with Crippen LogP contribution in [0.3, 0.4) is 0 Å². The number of rotatable bonds is 10. The Balaban J connectivity index is 1.24. The lowest BCUT2D eigenvalue weighted by atomic mass is 9.99. The van der Waals surface area contributed by atoms with E-state index in [2.05, 4.69) is 81.6 Å². The smallest absolute Gasteiger partial charge is 0.0737 e. The van der Waals surface area contributed by atoms with Crippen molar-refractivity contribution in [1.82, 2.24) is 15.6 Å². The Labute approximate surface area is 188 Å². The third-order valence-electron chi connectivity index (χ3n) is 5.24. The minimum atomic E-state index is 0.192. The summed E-state index contributed by atoms with van der Waals surface area (Å²) in [5, 5.41) is 12.5. The third kappa shape index (κ3) is 5.82. The zero-order chi connectivity index (χ0) is 21.3. The molecule has 0 aliphatic carbocycles. The monoisotopic (exact) mass is 430 g/mol. The van der Waals surface area contributed by atoms with Crippen LogP contribution in [0.4, 0.5) is 5.69 Å². The number of nitrogens with one attached hydrogen (secondary N) is 3. The van der Waals surface area contributed by atoms with E-state index in [4.69, 9.17) is 11.6 Å². The van der Waals surface area contributed by atoms with Crippen molar-refractivity contribution in [2.45, 2.75) is 6.04 Å². The summed E-state index contributed by atoms with van der Waals surface area (Å²) in [7, 11) is 0. The Morgan fingerprint density at radius 2 is 1.42 bits per heavy atom. The van der Waals surface area contributed by atoms with E-state index in [1.807, 2.05) is 30.5 Å². The van der Waals surface area contributed by atoms with Crippen LogP contribution in [0.25, 0.3) is 10.9 Å². The van der Waals surface area contributed by atoms with E-state index in [0.717, 1.165) is 42.8 Å². The lowest BCUT2D eigenvalue weighted by molar-refractivity contribution is 0.571. The van der Waals surface area contributed by atoms with E-state index in [1.165, 1.54) is 11.1 Å². The molecule has 0 spiro atoms. The molecule has 4 aromatic rings. The number of pyridine rings is 1. The van der Waals surface area contributed by atoms with Gasteiger partial charge in [0.25, 0.3) is 0 Å².